The van der Waals surface area contributed by atoms with Crippen LogP contribution in [0.5, 0.6) is 0 Å². The zero-order valence-corrected chi connectivity index (χ0v) is 73.7. The summed E-state index contributed by atoms with van der Waals surface area (Å²) >= 11 is 0. The third-order valence-electron chi connectivity index (χ3n) is 21.6. The minimum absolute atomic E-state index is 0.108. The van der Waals surface area contributed by atoms with Crippen LogP contribution < -0.4 is 0 Å². The molecule has 0 aromatic carbocycles. The van der Waals surface area contributed by atoms with Gasteiger partial charge in [0.05, 0.1) is 26.4 Å². The van der Waals surface area contributed by atoms with Crippen molar-refractivity contribution in [2.45, 2.75) is 503 Å². The van der Waals surface area contributed by atoms with Crippen LogP contribution in [0.25, 0.3) is 0 Å². The average Bonchev–Trinajstić information content (AvgIpc) is 0.900. The lowest BCUT2D eigenvalue weighted by molar-refractivity contribution is -0.161. The number of aliphatic hydroxyl groups excluding tert-OH is 1. The van der Waals surface area contributed by atoms with Gasteiger partial charge >= 0.3 is 39.5 Å². The molecule has 0 aliphatic carbocycles. The van der Waals surface area contributed by atoms with E-state index in [4.69, 9.17) is 37.0 Å². The van der Waals surface area contributed by atoms with E-state index in [-0.39, 0.29) is 25.7 Å². The normalized spacial score (nSPS) is 14.0. The van der Waals surface area contributed by atoms with E-state index in [1.165, 1.54) is 295 Å². The van der Waals surface area contributed by atoms with Gasteiger partial charge in [-0.2, -0.15) is 0 Å². The molecule has 0 radical (unpaired) electrons. The standard InChI is InChI=1S/C90H176O17P2/c1-7-10-12-14-16-18-19-20-21-22-23-24-25-26-31-34-40-45-50-56-62-68-74-90(95)107-86(79-101-88(93)73-67-61-55-49-44-39-33-30-28-27-29-32-37-42-47-52-58-64-70-82(4)5)81-105-109(98,99)103-77-84(91)76-102-108(96,97)104-80-85(78-100-87(92)72-66-60-54-17-15-13-11-8-2)106-89(94)75-69-63-57-51-46-41-36-35-38-43-48-53-59-65-71-83(6)9-3/h82-86,91H,7-81H2,1-6H3,(H,96,97)(H,98,99)/t83?,84-,85+,86+/m0/s1. The van der Waals surface area contributed by atoms with Gasteiger partial charge in [0, 0.05) is 25.7 Å². The molecule has 0 bridgehead atoms. The van der Waals surface area contributed by atoms with Gasteiger partial charge in [0.25, 0.3) is 0 Å². The Balaban J connectivity index is 5.17. The Morgan fingerprint density at radius 2 is 0.468 bits per heavy atom. The fourth-order valence-corrected chi connectivity index (χ4v) is 15.7. The van der Waals surface area contributed by atoms with E-state index in [0.717, 1.165) is 108 Å². The predicted octanol–water partition coefficient (Wildman–Crippen LogP) is 27.8. The van der Waals surface area contributed by atoms with E-state index in [1.54, 1.807) is 0 Å². The molecule has 0 saturated carbocycles. The van der Waals surface area contributed by atoms with Gasteiger partial charge in [-0.15, -0.1) is 0 Å². The van der Waals surface area contributed by atoms with Crippen molar-refractivity contribution in [1.82, 2.24) is 0 Å². The number of phosphoric ester groups is 2. The fraction of sp³-hybridized carbons (Fsp3) is 0.956. The lowest BCUT2D eigenvalue weighted by Crippen LogP contribution is -2.30. The van der Waals surface area contributed by atoms with E-state index in [9.17, 15) is 43.2 Å². The Morgan fingerprint density at radius 3 is 0.697 bits per heavy atom. The first kappa shape index (κ1) is 107. The molecule has 648 valence electrons. The highest BCUT2D eigenvalue weighted by molar-refractivity contribution is 7.47. The summed E-state index contributed by atoms with van der Waals surface area (Å²) in [6.45, 7) is 9.75. The number of hydrogen-bond donors (Lipinski definition) is 3. The molecular formula is C90H176O17P2. The highest BCUT2D eigenvalue weighted by Gasteiger charge is 2.31. The number of esters is 4. The van der Waals surface area contributed by atoms with Crippen LogP contribution in [-0.2, 0) is 65.4 Å². The molecule has 0 fully saturated rings. The molecule has 0 aromatic heterocycles. The lowest BCUT2D eigenvalue weighted by atomic mass is 9.99. The quantitative estimate of drug-likeness (QED) is 0.0222. The first-order chi connectivity index (χ1) is 52.9. The molecule has 3 unspecified atom stereocenters. The molecular weight excluding hydrogens is 1410 g/mol. The maximum absolute atomic E-state index is 13.2. The van der Waals surface area contributed by atoms with Gasteiger partial charge in [-0.1, -0.05) is 433 Å². The van der Waals surface area contributed by atoms with E-state index in [2.05, 4.69) is 41.5 Å². The second kappa shape index (κ2) is 81.2. The molecule has 19 heteroatoms. The Bertz CT molecular complexity index is 2080. The third kappa shape index (κ3) is 82.4. The van der Waals surface area contributed by atoms with Gasteiger partial charge in [0.1, 0.15) is 19.3 Å². The Kier molecular flexibility index (Phi) is 79.8. The van der Waals surface area contributed by atoms with E-state index in [1.807, 2.05) is 0 Å². The minimum atomic E-state index is -4.97. The molecule has 0 heterocycles. The molecule has 0 aliphatic rings. The van der Waals surface area contributed by atoms with Gasteiger partial charge in [0.15, 0.2) is 12.2 Å². The Morgan fingerprint density at radius 1 is 0.266 bits per heavy atom. The van der Waals surface area contributed by atoms with Crippen molar-refractivity contribution in [2.24, 2.45) is 11.8 Å². The second-order valence-electron chi connectivity index (χ2n) is 33.1. The van der Waals surface area contributed by atoms with Crippen LogP contribution in [0.4, 0.5) is 0 Å². The van der Waals surface area contributed by atoms with E-state index >= 15 is 0 Å². The summed E-state index contributed by atoms with van der Waals surface area (Å²) in [6.07, 6.45) is 75.2. The van der Waals surface area contributed by atoms with Crippen molar-refractivity contribution in [3.8, 4) is 0 Å². The number of hydrogen-bond acceptors (Lipinski definition) is 15. The van der Waals surface area contributed by atoms with Crippen LogP contribution in [0.2, 0.25) is 0 Å². The van der Waals surface area contributed by atoms with E-state index in [0.29, 0.717) is 25.7 Å². The van der Waals surface area contributed by atoms with Gasteiger partial charge in [-0.3, -0.25) is 37.3 Å². The molecule has 0 spiro atoms. The van der Waals surface area contributed by atoms with Crippen LogP contribution in [-0.4, -0.2) is 96.7 Å². The molecule has 3 N–H and O–H groups in total. The second-order valence-corrected chi connectivity index (χ2v) is 36.0. The number of carbonyl (C=O) groups excluding carboxylic acids is 4. The molecule has 0 saturated heterocycles. The van der Waals surface area contributed by atoms with Crippen molar-refractivity contribution >= 4 is 39.5 Å². The van der Waals surface area contributed by atoms with Crippen LogP contribution >= 0.6 is 15.6 Å². The fourth-order valence-electron chi connectivity index (χ4n) is 14.1. The van der Waals surface area contributed by atoms with Gasteiger partial charge in [-0.25, -0.2) is 9.13 Å². The third-order valence-corrected chi connectivity index (χ3v) is 23.5. The topological polar surface area (TPSA) is 237 Å². The Hall–Kier alpha value is -1.94. The number of rotatable bonds is 89. The molecule has 0 amide bonds. The molecule has 0 aromatic rings. The van der Waals surface area contributed by atoms with Gasteiger partial charge in [-0.05, 0) is 37.5 Å². The first-order valence-electron chi connectivity index (χ1n) is 46.5. The highest BCUT2D eigenvalue weighted by Crippen LogP contribution is 2.45. The predicted molar refractivity (Wildman–Crippen MR) is 451 cm³/mol. The summed E-state index contributed by atoms with van der Waals surface area (Å²) < 4.78 is 68.9. The van der Waals surface area contributed by atoms with Crippen molar-refractivity contribution < 1.29 is 80.2 Å². The molecule has 109 heavy (non-hydrogen) atoms. The number of unbranched alkanes of at least 4 members (excludes halogenated alkanes) is 58. The van der Waals surface area contributed by atoms with Crippen molar-refractivity contribution in [3.63, 3.8) is 0 Å². The average molecular weight is 1590 g/mol. The summed E-state index contributed by atoms with van der Waals surface area (Å²) in [4.78, 5) is 73.2. The number of carbonyl (C=O) groups is 4. The molecule has 17 nitrogen and oxygen atoms in total. The largest absolute Gasteiger partial charge is 0.472 e. The first-order valence-corrected chi connectivity index (χ1v) is 49.5. The smallest absolute Gasteiger partial charge is 0.462 e. The van der Waals surface area contributed by atoms with Gasteiger partial charge < -0.3 is 33.8 Å². The van der Waals surface area contributed by atoms with Crippen molar-refractivity contribution in [3.05, 3.63) is 0 Å². The summed E-state index contributed by atoms with van der Waals surface area (Å²) in [5.41, 5.74) is 0. The maximum atomic E-state index is 13.2. The van der Waals surface area contributed by atoms with Crippen LogP contribution in [0, 0.1) is 11.8 Å². The van der Waals surface area contributed by atoms with Gasteiger partial charge in [0.2, 0.25) is 0 Å². The van der Waals surface area contributed by atoms with Crippen LogP contribution in [0.3, 0.4) is 0 Å². The number of aliphatic hydroxyl groups is 1. The number of ether oxygens (including phenoxy) is 4. The van der Waals surface area contributed by atoms with Crippen LogP contribution in [0.1, 0.15) is 485 Å². The van der Waals surface area contributed by atoms with Crippen molar-refractivity contribution in [1.29, 1.82) is 0 Å². The van der Waals surface area contributed by atoms with Crippen molar-refractivity contribution in [2.75, 3.05) is 39.6 Å². The SMILES string of the molecule is CCCCCCCCCCCCCCCCCCCCCCCCC(=O)O[C@H](COC(=O)CCCCCCCCCCCCCCCCCCCCC(C)C)COP(=O)(O)OC[C@@H](O)COP(=O)(O)OC[C@@H](COC(=O)CCCCCCCCCC)OC(=O)CCCCCCCCCCCCCCCCC(C)CC. The summed E-state index contributed by atoms with van der Waals surface area (Å²) in [5.74, 6) is -0.432. The summed E-state index contributed by atoms with van der Waals surface area (Å²) in [6, 6.07) is 0. The lowest BCUT2D eigenvalue weighted by Gasteiger charge is -2.21. The molecule has 0 aliphatic heterocycles. The highest BCUT2D eigenvalue weighted by atomic mass is 31.2. The Labute approximate surface area is 670 Å². The molecule has 6 atom stereocenters. The summed E-state index contributed by atoms with van der Waals surface area (Å²) in [7, 11) is -9.93. The monoisotopic (exact) mass is 1590 g/mol. The molecule has 0 rings (SSSR count). The van der Waals surface area contributed by atoms with Crippen LogP contribution in [0.15, 0.2) is 0 Å². The van der Waals surface area contributed by atoms with E-state index < -0.39 is 97.5 Å². The zero-order valence-electron chi connectivity index (χ0n) is 71.9. The maximum Gasteiger partial charge on any atom is 0.472 e. The minimum Gasteiger partial charge on any atom is -0.462 e. The number of phosphoric acid groups is 2. The zero-order chi connectivity index (χ0) is 79.9. The summed E-state index contributed by atoms with van der Waals surface area (Å²) in [5, 5.41) is 10.7.